The Morgan fingerprint density at radius 3 is 2.67 bits per heavy atom. The van der Waals surface area contributed by atoms with Crippen molar-refractivity contribution in [3.05, 3.63) is 33.6 Å². The third kappa shape index (κ3) is 4.09. The van der Waals surface area contributed by atoms with E-state index < -0.39 is 5.82 Å². The predicted molar refractivity (Wildman–Crippen MR) is 83.2 cm³/mol. The van der Waals surface area contributed by atoms with Gasteiger partial charge in [0.15, 0.2) is 0 Å². The average molecular weight is 333 g/mol. The van der Waals surface area contributed by atoms with Crippen LogP contribution < -0.4 is 5.32 Å². The number of carbonyl (C=O) groups excluding carboxylic acids is 1. The van der Waals surface area contributed by atoms with Gasteiger partial charge in [0, 0.05) is 36.6 Å². The number of amides is 1. The summed E-state index contributed by atoms with van der Waals surface area (Å²) in [5, 5.41) is 3.80. The summed E-state index contributed by atoms with van der Waals surface area (Å²) in [4.78, 5) is 13.5. The van der Waals surface area contributed by atoms with Crippen molar-refractivity contribution < 1.29 is 9.18 Å². The first kappa shape index (κ1) is 16.5. The number of hydrogen-bond acceptors (Lipinski definition) is 2. The molecule has 0 spiro atoms. The van der Waals surface area contributed by atoms with Gasteiger partial charge in [-0.05, 0) is 38.0 Å². The lowest BCUT2D eigenvalue weighted by Gasteiger charge is -2.25. The Labute approximate surface area is 134 Å². The van der Waals surface area contributed by atoms with Crippen molar-refractivity contribution in [3.8, 4) is 0 Å². The van der Waals surface area contributed by atoms with Crippen LogP contribution in [-0.4, -0.2) is 29.9 Å². The molecule has 6 heteroatoms. The van der Waals surface area contributed by atoms with Gasteiger partial charge in [0.05, 0.1) is 5.02 Å². The molecule has 2 rings (SSSR count). The van der Waals surface area contributed by atoms with Crippen LogP contribution in [0.15, 0.2) is 12.1 Å². The molecule has 3 nitrogen and oxygen atoms in total. The van der Waals surface area contributed by atoms with Crippen molar-refractivity contribution in [3.63, 3.8) is 0 Å². The van der Waals surface area contributed by atoms with Crippen LogP contribution in [0.3, 0.4) is 0 Å². The van der Waals surface area contributed by atoms with Gasteiger partial charge in [-0.15, -0.1) is 0 Å². The van der Waals surface area contributed by atoms with Gasteiger partial charge in [0.25, 0.3) is 0 Å². The Balaban J connectivity index is 1.99. The average Bonchev–Trinajstić information content (AvgIpc) is 2.79. The van der Waals surface area contributed by atoms with Crippen LogP contribution in [0.2, 0.25) is 10.0 Å². The van der Waals surface area contributed by atoms with E-state index in [0.29, 0.717) is 23.6 Å². The van der Waals surface area contributed by atoms with Crippen molar-refractivity contribution in [2.75, 3.05) is 13.1 Å². The first-order valence-corrected chi connectivity index (χ1v) is 7.82. The molecule has 2 atom stereocenters. The number of rotatable bonds is 5. The Bertz CT molecular complexity index is 539. The molecule has 0 aromatic heterocycles. The molecule has 1 amide bonds. The minimum Gasteiger partial charge on any atom is -0.341 e. The topological polar surface area (TPSA) is 32.3 Å². The van der Waals surface area contributed by atoms with Crippen LogP contribution >= 0.6 is 23.2 Å². The SMILES string of the molecule is CC(CN1CCCC1=O)NC(C)c1cc(F)c(Cl)cc1Cl. The van der Waals surface area contributed by atoms with Crippen molar-refractivity contribution in [1.82, 2.24) is 10.2 Å². The third-order valence-corrected chi connectivity index (χ3v) is 4.32. The molecule has 1 aromatic rings. The van der Waals surface area contributed by atoms with Crippen molar-refractivity contribution in [1.29, 1.82) is 0 Å². The second kappa shape index (κ2) is 6.95. The standard InChI is InChI=1S/C15H19Cl2FN2O/c1-9(8-20-5-3-4-15(20)21)19-10(2)11-6-14(18)13(17)7-12(11)16/h6-7,9-10,19H,3-5,8H2,1-2H3. The summed E-state index contributed by atoms with van der Waals surface area (Å²) in [6.07, 6.45) is 1.56. The Morgan fingerprint density at radius 2 is 2.05 bits per heavy atom. The van der Waals surface area contributed by atoms with Crippen LogP contribution in [0, 0.1) is 5.82 Å². The van der Waals surface area contributed by atoms with E-state index in [2.05, 4.69) is 5.32 Å². The van der Waals surface area contributed by atoms with Gasteiger partial charge in [0.1, 0.15) is 5.82 Å². The van der Waals surface area contributed by atoms with E-state index in [1.807, 2.05) is 18.7 Å². The van der Waals surface area contributed by atoms with Crippen molar-refractivity contribution in [2.24, 2.45) is 0 Å². The zero-order valence-corrected chi connectivity index (χ0v) is 13.6. The zero-order chi connectivity index (χ0) is 15.6. The number of likely N-dealkylation sites (tertiary alicyclic amines) is 1. The lowest BCUT2D eigenvalue weighted by molar-refractivity contribution is -0.127. The van der Waals surface area contributed by atoms with E-state index in [1.54, 1.807) is 0 Å². The Kier molecular flexibility index (Phi) is 5.47. The summed E-state index contributed by atoms with van der Waals surface area (Å²) in [7, 11) is 0. The minimum atomic E-state index is -0.480. The molecule has 1 saturated heterocycles. The normalized spacial score (nSPS) is 18.1. The summed E-state index contributed by atoms with van der Waals surface area (Å²) in [6.45, 7) is 5.38. The Hall–Kier alpha value is -0.840. The highest BCUT2D eigenvalue weighted by Crippen LogP contribution is 2.28. The molecule has 1 aromatic carbocycles. The minimum absolute atomic E-state index is 0.0201. The van der Waals surface area contributed by atoms with E-state index in [1.165, 1.54) is 12.1 Å². The monoisotopic (exact) mass is 332 g/mol. The molecule has 116 valence electrons. The molecular weight excluding hydrogens is 314 g/mol. The van der Waals surface area contributed by atoms with Gasteiger partial charge < -0.3 is 10.2 Å². The Morgan fingerprint density at radius 1 is 1.33 bits per heavy atom. The van der Waals surface area contributed by atoms with E-state index in [0.717, 1.165) is 13.0 Å². The molecule has 1 aliphatic rings. The fourth-order valence-corrected chi connectivity index (χ4v) is 3.21. The van der Waals surface area contributed by atoms with E-state index in [4.69, 9.17) is 23.2 Å². The predicted octanol–water partition coefficient (Wildman–Crippen LogP) is 3.79. The van der Waals surface area contributed by atoms with Crippen LogP contribution in [0.5, 0.6) is 0 Å². The number of hydrogen-bond donors (Lipinski definition) is 1. The molecule has 1 aliphatic heterocycles. The van der Waals surface area contributed by atoms with E-state index >= 15 is 0 Å². The number of nitrogens with one attached hydrogen (secondary N) is 1. The molecule has 0 saturated carbocycles. The summed E-state index contributed by atoms with van der Waals surface area (Å²) in [5.41, 5.74) is 0.665. The maximum absolute atomic E-state index is 13.6. The zero-order valence-electron chi connectivity index (χ0n) is 12.1. The largest absolute Gasteiger partial charge is 0.341 e. The summed E-state index contributed by atoms with van der Waals surface area (Å²) in [6, 6.07) is 2.74. The summed E-state index contributed by atoms with van der Waals surface area (Å²) >= 11 is 11.8. The second-order valence-corrected chi connectivity index (χ2v) is 6.33. The molecule has 0 aliphatic carbocycles. The molecule has 0 radical (unpaired) electrons. The van der Waals surface area contributed by atoms with Gasteiger partial charge in [-0.1, -0.05) is 23.2 Å². The summed E-state index contributed by atoms with van der Waals surface area (Å²) in [5.74, 6) is -0.279. The molecule has 21 heavy (non-hydrogen) atoms. The first-order valence-electron chi connectivity index (χ1n) is 7.06. The lowest BCUT2D eigenvalue weighted by atomic mass is 10.1. The highest BCUT2D eigenvalue weighted by atomic mass is 35.5. The number of carbonyl (C=O) groups is 1. The number of halogens is 3. The first-order chi connectivity index (χ1) is 9.88. The molecule has 1 fully saturated rings. The third-order valence-electron chi connectivity index (χ3n) is 3.71. The maximum Gasteiger partial charge on any atom is 0.222 e. The van der Waals surface area contributed by atoms with E-state index in [-0.39, 0.29) is 23.0 Å². The number of benzene rings is 1. The molecular formula is C15H19Cl2FN2O. The molecule has 0 bridgehead atoms. The molecule has 1 heterocycles. The quantitative estimate of drug-likeness (QED) is 0.832. The smallest absolute Gasteiger partial charge is 0.222 e. The maximum atomic E-state index is 13.6. The van der Waals surface area contributed by atoms with Crippen molar-refractivity contribution >= 4 is 29.1 Å². The van der Waals surface area contributed by atoms with Crippen LogP contribution in [-0.2, 0) is 4.79 Å². The highest BCUT2D eigenvalue weighted by Gasteiger charge is 2.23. The molecule has 1 N–H and O–H groups in total. The van der Waals surface area contributed by atoms with Gasteiger partial charge in [-0.25, -0.2) is 4.39 Å². The van der Waals surface area contributed by atoms with Crippen molar-refractivity contribution in [2.45, 2.75) is 38.8 Å². The van der Waals surface area contributed by atoms with Gasteiger partial charge in [-0.3, -0.25) is 4.79 Å². The lowest BCUT2D eigenvalue weighted by Crippen LogP contribution is -2.40. The van der Waals surface area contributed by atoms with E-state index in [9.17, 15) is 9.18 Å². The fraction of sp³-hybridized carbons (Fsp3) is 0.533. The van der Waals surface area contributed by atoms with Gasteiger partial charge >= 0.3 is 0 Å². The van der Waals surface area contributed by atoms with Crippen LogP contribution in [0.4, 0.5) is 4.39 Å². The van der Waals surface area contributed by atoms with Crippen LogP contribution in [0.1, 0.15) is 38.3 Å². The highest BCUT2D eigenvalue weighted by molar-refractivity contribution is 6.35. The molecule has 2 unspecified atom stereocenters. The van der Waals surface area contributed by atoms with Gasteiger partial charge in [0.2, 0.25) is 5.91 Å². The van der Waals surface area contributed by atoms with Crippen LogP contribution in [0.25, 0.3) is 0 Å². The van der Waals surface area contributed by atoms with Gasteiger partial charge in [-0.2, -0.15) is 0 Å². The second-order valence-electron chi connectivity index (χ2n) is 5.52. The fourth-order valence-electron chi connectivity index (χ4n) is 2.67. The number of nitrogens with zero attached hydrogens (tertiary/aromatic N) is 1. The summed E-state index contributed by atoms with van der Waals surface area (Å²) < 4.78 is 13.6.